The van der Waals surface area contributed by atoms with Crippen LogP contribution in [0.4, 0.5) is 0 Å². The molecule has 8 saturated carbocycles. The SMILES string of the molecule is CC1C(=O)OC(=O)C1CC1C(CC2C(CC3C(CC4C(C)C5CC(C(=O)OC(C)(C)C)C4C5)C4CC(C(=O)OCCO)C3C4)C3CC(C(=O)O)C2C3)C2CC1C(C(=O)OCC(O)CN1CCOCC1)C2C(=O)O. The van der Waals surface area contributed by atoms with Gasteiger partial charge in [-0.2, -0.15) is 0 Å². The Kier molecular flexibility index (Phi) is 15.0. The summed E-state index contributed by atoms with van der Waals surface area (Å²) in [4.78, 5) is 96.5. The molecule has 2 saturated heterocycles. The Morgan fingerprint density at radius 2 is 1.18 bits per heavy atom. The molecule has 2 aliphatic heterocycles. The number of ether oxygens (including phenoxy) is 5. The van der Waals surface area contributed by atoms with Crippen molar-refractivity contribution in [2.45, 2.75) is 117 Å². The van der Waals surface area contributed by atoms with Crippen molar-refractivity contribution in [2.24, 2.45) is 136 Å². The van der Waals surface area contributed by atoms with Crippen LogP contribution in [-0.4, -0.2) is 131 Å². The van der Waals surface area contributed by atoms with Crippen molar-refractivity contribution in [1.29, 1.82) is 0 Å². The third-order valence-corrected chi connectivity index (χ3v) is 21.7. The number of carboxylic acids is 2. The number of fused-ring (bicyclic) bond motifs is 8. The average Bonchev–Trinajstić information content (AvgIpc) is 4.23. The summed E-state index contributed by atoms with van der Waals surface area (Å²) in [6, 6.07) is 0. The number of carbonyl (C=O) groups is 7. The van der Waals surface area contributed by atoms with Crippen LogP contribution in [0, 0.1) is 136 Å². The van der Waals surface area contributed by atoms with Crippen molar-refractivity contribution >= 4 is 41.8 Å². The Bertz CT molecular complexity index is 2140. The van der Waals surface area contributed by atoms with Crippen LogP contribution in [0.2, 0.25) is 0 Å². The van der Waals surface area contributed by atoms with Crippen LogP contribution in [-0.2, 0) is 57.2 Å². The Morgan fingerprint density at radius 3 is 1.78 bits per heavy atom. The average molecular weight is 1020 g/mol. The lowest BCUT2D eigenvalue weighted by Crippen LogP contribution is -2.46. The molecule has 8 aliphatic carbocycles. The zero-order valence-electron chi connectivity index (χ0n) is 43.4. The number of nitrogens with zero attached hydrogens (tertiary/aromatic N) is 1. The molecule has 4 N–H and O–H groups in total. The molecule has 0 spiro atoms. The predicted octanol–water partition coefficient (Wildman–Crippen LogP) is 4.96. The molecule has 24 unspecified atom stereocenters. The van der Waals surface area contributed by atoms with Crippen LogP contribution < -0.4 is 0 Å². The van der Waals surface area contributed by atoms with Gasteiger partial charge in [0.05, 0.1) is 61.2 Å². The van der Waals surface area contributed by atoms with Crippen molar-refractivity contribution in [3.05, 3.63) is 0 Å². The second kappa shape index (κ2) is 20.7. The fourth-order valence-electron chi connectivity index (χ4n) is 18.8. The molecule has 17 nitrogen and oxygen atoms in total. The van der Waals surface area contributed by atoms with E-state index in [1.807, 2.05) is 25.7 Å². The first-order valence-corrected chi connectivity index (χ1v) is 28.1. The summed E-state index contributed by atoms with van der Waals surface area (Å²) >= 11 is 0. The lowest BCUT2D eigenvalue weighted by molar-refractivity contribution is -0.166. The first-order valence-electron chi connectivity index (χ1n) is 28.1. The number of hydrogen-bond acceptors (Lipinski definition) is 15. The van der Waals surface area contributed by atoms with Crippen molar-refractivity contribution < 1.29 is 77.7 Å². The lowest BCUT2D eigenvalue weighted by atomic mass is 9.58. The number of aliphatic hydroxyl groups is 2. The quantitative estimate of drug-likeness (QED) is 0.0758. The van der Waals surface area contributed by atoms with Crippen molar-refractivity contribution in [2.75, 3.05) is 52.7 Å². The first-order chi connectivity index (χ1) is 34.7. The van der Waals surface area contributed by atoms with Gasteiger partial charge in [0.2, 0.25) is 0 Å². The fourth-order valence-corrected chi connectivity index (χ4v) is 18.8. The lowest BCUT2D eigenvalue weighted by Gasteiger charge is -2.45. The molecule has 10 aliphatic rings. The molecule has 2 heterocycles. The minimum absolute atomic E-state index is 0.0463. The molecule has 406 valence electrons. The van der Waals surface area contributed by atoms with Gasteiger partial charge in [-0.15, -0.1) is 0 Å². The van der Waals surface area contributed by atoms with Crippen LogP contribution in [0.15, 0.2) is 0 Å². The summed E-state index contributed by atoms with van der Waals surface area (Å²) in [5.74, 6) is -8.45. The van der Waals surface area contributed by atoms with E-state index in [2.05, 4.69) is 6.92 Å². The second-order valence-electron chi connectivity index (χ2n) is 26.0. The molecule has 17 heteroatoms. The monoisotopic (exact) mass is 1020 g/mol. The van der Waals surface area contributed by atoms with E-state index in [-0.39, 0.29) is 122 Å². The second-order valence-corrected chi connectivity index (χ2v) is 26.0. The van der Waals surface area contributed by atoms with Crippen LogP contribution in [0.3, 0.4) is 0 Å². The van der Waals surface area contributed by atoms with Gasteiger partial charge in [-0.3, -0.25) is 38.5 Å². The molecule has 0 radical (unpaired) electrons. The molecule has 0 aromatic carbocycles. The molecular weight excluding hydrogens is 943 g/mol. The molecular formula is C56H81NO16. The van der Waals surface area contributed by atoms with E-state index in [9.17, 15) is 54.0 Å². The van der Waals surface area contributed by atoms with Gasteiger partial charge in [-0.05, 0) is 186 Å². The number of β-amino-alcohol motifs (C(OH)–C–C–N with tert-alkyl or cyclic N) is 1. The summed E-state index contributed by atoms with van der Waals surface area (Å²) in [6.45, 7) is 11.7. The van der Waals surface area contributed by atoms with E-state index in [0.29, 0.717) is 69.7 Å². The minimum atomic E-state index is -1.11. The highest BCUT2D eigenvalue weighted by Crippen LogP contribution is 2.69. The van der Waals surface area contributed by atoms with Crippen molar-refractivity contribution in [3.8, 4) is 0 Å². The predicted molar refractivity (Wildman–Crippen MR) is 257 cm³/mol. The summed E-state index contributed by atoms with van der Waals surface area (Å²) in [6.07, 6.45) is 6.61. The Balaban J connectivity index is 0.933. The minimum Gasteiger partial charge on any atom is -0.481 e. The van der Waals surface area contributed by atoms with Gasteiger partial charge in [-0.1, -0.05) is 13.8 Å². The number of carboxylic acid groups (broad SMARTS) is 2. The zero-order valence-corrected chi connectivity index (χ0v) is 43.4. The topological polar surface area (TPSA) is 250 Å². The van der Waals surface area contributed by atoms with Crippen LogP contribution in [0.5, 0.6) is 0 Å². The van der Waals surface area contributed by atoms with E-state index in [1.165, 1.54) is 0 Å². The maximum Gasteiger partial charge on any atom is 0.317 e. The third kappa shape index (κ3) is 9.89. The molecule has 0 amide bonds. The number of esters is 5. The smallest absolute Gasteiger partial charge is 0.317 e. The van der Waals surface area contributed by atoms with Gasteiger partial charge in [0.25, 0.3) is 0 Å². The number of aliphatic carboxylic acids is 2. The normalized spacial score (nSPS) is 44.7. The molecule has 73 heavy (non-hydrogen) atoms. The van der Waals surface area contributed by atoms with E-state index in [4.69, 9.17) is 23.7 Å². The first kappa shape index (κ1) is 52.8. The fraction of sp³-hybridized carbons (Fsp3) is 0.875. The van der Waals surface area contributed by atoms with Gasteiger partial charge in [0.15, 0.2) is 0 Å². The maximum atomic E-state index is 14.2. The van der Waals surface area contributed by atoms with E-state index in [1.54, 1.807) is 6.92 Å². The number of cyclic esters (lactones) is 2. The number of aliphatic hydroxyl groups excluding tert-OH is 2. The number of carbonyl (C=O) groups excluding carboxylic acids is 5. The summed E-state index contributed by atoms with van der Waals surface area (Å²) in [5, 5.41) is 42.2. The van der Waals surface area contributed by atoms with E-state index >= 15 is 0 Å². The number of hydrogen-bond donors (Lipinski definition) is 4. The maximum absolute atomic E-state index is 14.2. The van der Waals surface area contributed by atoms with Gasteiger partial charge >= 0.3 is 41.8 Å². The molecule has 24 atom stereocenters. The Hall–Kier alpha value is -3.67. The van der Waals surface area contributed by atoms with Crippen LogP contribution in [0.1, 0.15) is 105 Å². The number of rotatable bonds is 19. The highest BCUT2D eigenvalue weighted by Gasteiger charge is 2.67. The third-order valence-electron chi connectivity index (χ3n) is 21.7. The molecule has 10 fully saturated rings. The van der Waals surface area contributed by atoms with Gasteiger partial charge in [0.1, 0.15) is 24.9 Å². The van der Waals surface area contributed by atoms with Crippen molar-refractivity contribution in [1.82, 2.24) is 4.90 Å². The van der Waals surface area contributed by atoms with Gasteiger partial charge < -0.3 is 44.1 Å². The molecule has 0 aromatic rings. The molecule has 10 rings (SSSR count). The van der Waals surface area contributed by atoms with Crippen molar-refractivity contribution in [3.63, 3.8) is 0 Å². The highest BCUT2D eigenvalue weighted by atomic mass is 16.6. The molecule has 8 bridgehead atoms. The van der Waals surface area contributed by atoms with Gasteiger partial charge in [0, 0.05) is 19.6 Å². The Labute approximate surface area is 428 Å². The summed E-state index contributed by atoms with van der Waals surface area (Å²) in [5.41, 5.74) is -0.583. The largest absolute Gasteiger partial charge is 0.481 e. The van der Waals surface area contributed by atoms with E-state index < -0.39 is 83.0 Å². The van der Waals surface area contributed by atoms with Gasteiger partial charge in [-0.25, -0.2) is 0 Å². The summed E-state index contributed by atoms with van der Waals surface area (Å²) in [7, 11) is 0. The zero-order chi connectivity index (χ0) is 51.9. The van der Waals surface area contributed by atoms with Crippen LogP contribution in [0.25, 0.3) is 0 Å². The van der Waals surface area contributed by atoms with Crippen LogP contribution >= 0.6 is 0 Å². The molecule has 0 aromatic heterocycles. The van der Waals surface area contributed by atoms with E-state index in [0.717, 1.165) is 38.5 Å². The Morgan fingerprint density at radius 1 is 0.630 bits per heavy atom. The standard InChI is InChI=1S/C56H81NO16/c1-25-27-12-35(46(13-27)54(67)73-56(3,4)5)31(25)18-33-29-15-37(45(17-29)52(65)70-11-8-58)38(33)20-34-28-14-36(44(16-28)49(60)61)39(34)21-41-40(19-32-26(2)51(64)72-53(32)66)43-22-42(41)47(50(62)63)48(43)55(68)71-24-30(59)23-57-6-9-69-10-7-57/h25-48,58-59H,6-24H2,1-5H3,(H,60,61)(H,62,63). The number of morpholine rings is 1. The summed E-state index contributed by atoms with van der Waals surface area (Å²) < 4.78 is 27.9. The highest BCUT2D eigenvalue weighted by molar-refractivity contribution is 5.96.